The van der Waals surface area contributed by atoms with Gasteiger partial charge < -0.3 is 19.7 Å². The Morgan fingerprint density at radius 1 is 1.26 bits per heavy atom. The number of amides is 1. The number of nitrogens with zero attached hydrogens (tertiary/aromatic N) is 4. The third-order valence-electron chi connectivity index (χ3n) is 6.31. The van der Waals surface area contributed by atoms with Crippen LogP contribution in [-0.2, 0) is 11.3 Å². The minimum absolute atomic E-state index is 0.0268. The summed E-state index contributed by atoms with van der Waals surface area (Å²) in [4.78, 5) is 15.5. The van der Waals surface area contributed by atoms with Gasteiger partial charge >= 0.3 is 0 Å². The number of nitrogens with one attached hydrogen (secondary N) is 1. The van der Waals surface area contributed by atoms with Gasteiger partial charge in [0.25, 0.3) is 5.91 Å². The SMILES string of the molecule is COc1c(C(=O)NCC2(CN3CCCC3)CCOCC2)nnn1Cc1ccccc1Cl. The maximum atomic E-state index is 13.0. The molecule has 9 heteroatoms. The molecule has 0 atom stereocenters. The summed E-state index contributed by atoms with van der Waals surface area (Å²) in [5.41, 5.74) is 1.10. The van der Waals surface area contributed by atoms with E-state index in [9.17, 15) is 4.79 Å². The molecular weight excluding hydrogens is 418 g/mol. The Morgan fingerprint density at radius 2 is 2.00 bits per heavy atom. The van der Waals surface area contributed by atoms with Crippen molar-refractivity contribution in [3.63, 3.8) is 0 Å². The van der Waals surface area contributed by atoms with Crippen molar-refractivity contribution in [2.75, 3.05) is 46.5 Å². The number of methoxy groups -OCH3 is 1. The molecule has 31 heavy (non-hydrogen) atoms. The van der Waals surface area contributed by atoms with E-state index in [2.05, 4.69) is 20.5 Å². The van der Waals surface area contributed by atoms with Gasteiger partial charge in [0.05, 0.1) is 13.7 Å². The van der Waals surface area contributed by atoms with Crippen LogP contribution in [0.5, 0.6) is 5.88 Å². The lowest BCUT2D eigenvalue weighted by atomic mass is 9.79. The van der Waals surface area contributed by atoms with Crippen LogP contribution in [0.1, 0.15) is 41.7 Å². The van der Waals surface area contributed by atoms with E-state index in [-0.39, 0.29) is 17.0 Å². The number of aromatic nitrogens is 3. The maximum absolute atomic E-state index is 13.0. The first kappa shape index (κ1) is 22.0. The van der Waals surface area contributed by atoms with Crippen LogP contribution >= 0.6 is 11.6 Å². The molecule has 0 bridgehead atoms. The molecule has 1 amide bonds. The molecular formula is C22H30ClN5O3. The standard InChI is InChI=1S/C22H30ClN5O3/c1-30-21-19(25-26-28(21)14-17-6-2-3-7-18(17)23)20(29)24-15-22(8-12-31-13-9-22)16-27-10-4-5-11-27/h2-3,6-7H,4-5,8-16H2,1H3,(H,24,29). The Hall–Kier alpha value is -2.16. The van der Waals surface area contributed by atoms with Crippen LogP contribution in [0, 0.1) is 5.41 Å². The van der Waals surface area contributed by atoms with Crippen LogP contribution in [-0.4, -0.2) is 72.3 Å². The highest BCUT2D eigenvalue weighted by Crippen LogP contribution is 2.32. The fourth-order valence-corrected chi connectivity index (χ4v) is 4.70. The molecule has 1 aromatic heterocycles. The number of benzene rings is 1. The van der Waals surface area contributed by atoms with Gasteiger partial charge in [0.2, 0.25) is 11.6 Å². The molecule has 2 aliphatic rings. The first-order chi connectivity index (χ1) is 15.1. The molecule has 168 valence electrons. The number of carbonyl (C=O) groups excluding carboxylic acids is 1. The average molecular weight is 448 g/mol. The average Bonchev–Trinajstić information content (AvgIpc) is 3.44. The number of rotatable bonds is 8. The largest absolute Gasteiger partial charge is 0.479 e. The second-order valence-electron chi connectivity index (χ2n) is 8.47. The van der Waals surface area contributed by atoms with Crippen LogP contribution in [0.15, 0.2) is 24.3 Å². The van der Waals surface area contributed by atoms with Crippen molar-refractivity contribution in [1.82, 2.24) is 25.2 Å². The fourth-order valence-electron chi connectivity index (χ4n) is 4.50. The maximum Gasteiger partial charge on any atom is 0.277 e. The smallest absolute Gasteiger partial charge is 0.277 e. The van der Waals surface area contributed by atoms with Crippen LogP contribution < -0.4 is 10.1 Å². The third-order valence-corrected chi connectivity index (χ3v) is 6.68. The van der Waals surface area contributed by atoms with Crippen LogP contribution in [0.4, 0.5) is 0 Å². The van der Waals surface area contributed by atoms with Crippen molar-refractivity contribution in [1.29, 1.82) is 0 Å². The number of hydrogen-bond donors (Lipinski definition) is 1. The normalized spacial score (nSPS) is 18.8. The van der Waals surface area contributed by atoms with Crippen LogP contribution in [0.2, 0.25) is 5.02 Å². The van der Waals surface area contributed by atoms with Gasteiger partial charge in [-0.2, -0.15) is 0 Å². The van der Waals surface area contributed by atoms with Gasteiger partial charge in [-0.1, -0.05) is 35.0 Å². The van der Waals surface area contributed by atoms with E-state index in [0.29, 0.717) is 24.0 Å². The number of likely N-dealkylation sites (tertiary alicyclic amines) is 1. The van der Waals surface area contributed by atoms with Gasteiger partial charge in [-0.25, -0.2) is 4.68 Å². The van der Waals surface area contributed by atoms with E-state index in [4.69, 9.17) is 21.1 Å². The lowest BCUT2D eigenvalue weighted by Crippen LogP contribution is -2.48. The Bertz CT molecular complexity index is 891. The van der Waals surface area contributed by atoms with Gasteiger partial charge in [0.15, 0.2) is 0 Å². The second-order valence-corrected chi connectivity index (χ2v) is 8.88. The summed E-state index contributed by atoms with van der Waals surface area (Å²) < 4.78 is 12.6. The van der Waals surface area contributed by atoms with E-state index in [1.165, 1.54) is 20.0 Å². The lowest BCUT2D eigenvalue weighted by molar-refractivity contribution is -0.000669. The van der Waals surface area contributed by atoms with Crippen LogP contribution in [0.3, 0.4) is 0 Å². The topological polar surface area (TPSA) is 81.5 Å². The minimum atomic E-state index is -0.269. The Labute approximate surface area is 187 Å². The fraction of sp³-hybridized carbons (Fsp3) is 0.591. The summed E-state index contributed by atoms with van der Waals surface area (Å²) in [5.74, 6) is 0.0625. The zero-order valence-corrected chi connectivity index (χ0v) is 18.7. The first-order valence-corrected chi connectivity index (χ1v) is 11.3. The van der Waals surface area contributed by atoms with E-state index in [1.54, 1.807) is 4.68 Å². The molecule has 8 nitrogen and oxygen atoms in total. The van der Waals surface area contributed by atoms with E-state index >= 15 is 0 Å². The van der Waals surface area contributed by atoms with Gasteiger partial charge in [-0.3, -0.25) is 4.79 Å². The van der Waals surface area contributed by atoms with Crippen molar-refractivity contribution in [3.05, 3.63) is 40.5 Å². The Morgan fingerprint density at radius 3 is 2.71 bits per heavy atom. The summed E-state index contributed by atoms with van der Waals surface area (Å²) in [7, 11) is 1.52. The van der Waals surface area contributed by atoms with E-state index in [1.807, 2.05) is 24.3 Å². The molecule has 2 fully saturated rings. The third kappa shape index (κ3) is 5.19. The molecule has 1 aromatic carbocycles. The van der Waals surface area contributed by atoms with E-state index < -0.39 is 0 Å². The van der Waals surface area contributed by atoms with Crippen molar-refractivity contribution in [3.8, 4) is 5.88 Å². The number of ether oxygens (including phenoxy) is 2. The van der Waals surface area contributed by atoms with Crippen molar-refractivity contribution in [2.24, 2.45) is 5.41 Å². The van der Waals surface area contributed by atoms with Crippen molar-refractivity contribution in [2.45, 2.75) is 32.2 Å². The zero-order valence-electron chi connectivity index (χ0n) is 18.0. The van der Waals surface area contributed by atoms with Gasteiger partial charge in [0, 0.05) is 36.7 Å². The summed E-state index contributed by atoms with van der Waals surface area (Å²) in [6.45, 7) is 5.71. The monoisotopic (exact) mass is 447 g/mol. The molecule has 1 N–H and O–H groups in total. The lowest BCUT2D eigenvalue weighted by Gasteiger charge is -2.40. The van der Waals surface area contributed by atoms with Crippen molar-refractivity contribution >= 4 is 17.5 Å². The zero-order chi connectivity index (χ0) is 21.7. The quantitative estimate of drug-likeness (QED) is 0.670. The van der Waals surface area contributed by atoms with Gasteiger partial charge in [0.1, 0.15) is 0 Å². The molecule has 0 aliphatic carbocycles. The molecule has 0 saturated carbocycles. The number of carbonyl (C=O) groups is 1. The van der Waals surface area contributed by atoms with Gasteiger partial charge in [-0.05, 0) is 50.4 Å². The Balaban J connectivity index is 1.45. The highest BCUT2D eigenvalue weighted by Gasteiger charge is 2.36. The van der Waals surface area contributed by atoms with Gasteiger partial charge in [-0.15, -0.1) is 5.10 Å². The van der Waals surface area contributed by atoms with Crippen molar-refractivity contribution < 1.29 is 14.3 Å². The molecule has 4 rings (SSSR count). The summed E-state index contributed by atoms with van der Waals surface area (Å²) in [5, 5.41) is 12.0. The molecule has 2 aromatic rings. The molecule has 0 unspecified atom stereocenters. The predicted octanol–water partition coefficient (Wildman–Crippen LogP) is 2.61. The molecule has 2 saturated heterocycles. The van der Waals surface area contributed by atoms with E-state index in [0.717, 1.165) is 51.3 Å². The summed E-state index contributed by atoms with van der Waals surface area (Å²) in [6, 6.07) is 7.52. The molecule has 3 heterocycles. The summed E-state index contributed by atoms with van der Waals surface area (Å²) in [6.07, 6.45) is 4.40. The highest BCUT2D eigenvalue weighted by molar-refractivity contribution is 6.31. The predicted molar refractivity (Wildman–Crippen MR) is 118 cm³/mol. The Kier molecular flexibility index (Phi) is 7.09. The molecule has 0 radical (unpaired) electrons. The first-order valence-electron chi connectivity index (χ1n) is 10.9. The molecule has 0 spiro atoms. The molecule has 2 aliphatic heterocycles. The minimum Gasteiger partial charge on any atom is -0.479 e. The number of halogens is 1. The second kappa shape index (κ2) is 9.97. The highest BCUT2D eigenvalue weighted by atomic mass is 35.5. The van der Waals surface area contributed by atoms with Crippen LogP contribution in [0.25, 0.3) is 0 Å². The summed E-state index contributed by atoms with van der Waals surface area (Å²) >= 11 is 6.26. The number of hydrogen-bond acceptors (Lipinski definition) is 6.